The van der Waals surface area contributed by atoms with E-state index < -0.39 is 17.5 Å². The summed E-state index contributed by atoms with van der Waals surface area (Å²) in [5, 5.41) is 7.57. The van der Waals surface area contributed by atoms with Crippen LogP contribution >= 0.6 is 11.3 Å². The summed E-state index contributed by atoms with van der Waals surface area (Å²) in [4.78, 5) is 42.2. The third-order valence-electron chi connectivity index (χ3n) is 6.10. The zero-order chi connectivity index (χ0) is 27.7. The summed E-state index contributed by atoms with van der Waals surface area (Å²) in [6.07, 6.45) is 0.692. The van der Waals surface area contributed by atoms with Crippen molar-refractivity contribution in [2.24, 2.45) is 0 Å². The quantitative estimate of drug-likeness (QED) is 0.340. The minimum atomic E-state index is -1.03. The molecule has 2 aromatic carbocycles. The molecule has 0 saturated carbocycles. The van der Waals surface area contributed by atoms with Crippen molar-refractivity contribution in [3.8, 4) is 11.5 Å². The van der Waals surface area contributed by atoms with E-state index in [4.69, 9.17) is 9.47 Å². The number of carbonyl (C=O) groups is 3. The molecule has 0 unspecified atom stereocenters. The lowest BCUT2D eigenvalue weighted by Gasteiger charge is -2.35. The second-order valence-electron chi connectivity index (χ2n) is 9.26. The summed E-state index contributed by atoms with van der Waals surface area (Å²) < 4.78 is 11.0. The maximum atomic E-state index is 13.9. The molecule has 1 aromatic heterocycles. The Morgan fingerprint density at radius 2 is 1.74 bits per heavy atom. The molecule has 0 saturated heterocycles. The number of methoxy groups -OCH3 is 1. The number of amides is 3. The Kier molecular flexibility index (Phi) is 9.90. The van der Waals surface area contributed by atoms with Gasteiger partial charge in [-0.05, 0) is 80.6 Å². The fraction of sp³-hybridized carbons (Fsp3) is 0.345. The minimum absolute atomic E-state index is 0.297. The van der Waals surface area contributed by atoms with Gasteiger partial charge in [0.2, 0.25) is 11.8 Å². The normalized spacial score (nSPS) is 11.8. The molecule has 0 aliphatic carbocycles. The van der Waals surface area contributed by atoms with Crippen LogP contribution < -0.4 is 25.0 Å². The largest absolute Gasteiger partial charge is 0.497 e. The molecular formula is C29H35N3O5S. The average molecular weight is 538 g/mol. The Morgan fingerprint density at radius 1 is 1.00 bits per heavy atom. The van der Waals surface area contributed by atoms with Crippen molar-refractivity contribution in [1.82, 2.24) is 10.6 Å². The summed E-state index contributed by atoms with van der Waals surface area (Å²) in [7, 11) is 1.55. The Morgan fingerprint density at radius 3 is 2.34 bits per heavy atom. The van der Waals surface area contributed by atoms with Gasteiger partial charge in [0.1, 0.15) is 17.5 Å². The zero-order valence-corrected chi connectivity index (χ0v) is 23.3. The van der Waals surface area contributed by atoms with Gasteiger partial charge < -0.3 is 20.1 Å². The molecular weight excluding hydrogens is 502 g/mol. The molecule has 2 N–H and O–H groups in total. The van der Waals surface area contributed by atoms with E-state index >= 15 is 0 Å². The van der Waals surface area contributed by atoms with E-state index in [-0.39, 0.29) is 18.4 Å². The second kappa shape index (κ2) is 13.1. The highest BCUT2D eigenvalue weighted by Crippen LogP contribution is 2.32. The van der Waals surface area contributed by atoms with Crippen molar-refractivity contribution >= 4 is 34.7 Å². The van der Waals surface area contributed by atoms with E-state index in [1.807, 2.05) is 27.7 Å². The van der Waals surface area contributed by atoms with E-state index in [2.05, 4.69) is 10.6 Å². The van der Waals surface area contributed by atoms with Gasteiger partial charge in [0.25, 0.3) is 5.91 Å². The van der Waals surface area contributed by atoms with Crippen molar-refractivity contribution in [3.63, 3.8) is 0 Å². The molecule has 38 heavy (non-hydrogen) atoms. The minimum Gasteiger partial charge on any atom is -0.497 e. The van der Waals surface area contributed by atoms with Crippen molar-refractivity contribution in [1.29, 1.82) is 0 Å². The number of benzene rings is 2. The van der Waals surface area contributed by atoms with Crippen LogP contribution in [0.5, 0.6) is 11.5 Å². The highest BCUT2D eigenvalue weighted by Gasteiger charge is 2.35. The van der Waals surface area contributed by atoms with E-state index in [1.165, 1.54) is 16.2 Å². The summed E-state index contributed by atoms with van der Waals surface area (Å²) >= 11 is 1.29. The van der Waals surface area contributed by atoms with Crippen molar-refractivity contribution < 1.29 is 23.9 Å². The Hall–Kier alpha value is -3.85. The topological polar surface area (TPSA) is 97.0 Å². The van der Waals surface area contributed by atoms with Crippen molar-refractivity contribution in [3.05, 3.63) is 76.5 Å². The lowest BCUT2D eigenvalue weighted by atomic mass is 9.98. The van der Waals surface area contributed by atoms with Gasteiger partial charge >= 0.3 is 0 Å². The molecule has 0 bridgehead atoms. The van der Waals surface area contributed by atoms with E-state index in [0.717, 1.165) is 0 Å². The van der Waals surface area contributed by atoms with Gasteiger partial charge in [-0.1, -0.05) is 25.1 Å². The van der Waals surface area contributed by atoms with Gasteiger partial charge in [0, 0.05) is 11.2 Å². The maximum absolute atomic E-state index is 13.9. The molecule has 3 rings (SSSR count). The Bertz CT molecular complexity index is 1230. The van der Waals surface area contributed by atoms with E-state index in [1.54, 1.807) is 73.2 Å². The first-order valence-corrected chi connectivity index (χ1v) is 13.4. The van der Waals surface area contributed by atoms with Crippen LogP contribution in [0.1, 0.15) is 55.4 Å². The van der Waals surface area contributed by atoms with Gasteiger partial charge in [0.15, 0.2) is 0 Å². The van der Waals surface area contributed by atoms with Gasteiger partial charge in [-0.3, -0.25) is 19.3 Å². The standard InChI is InChI=1S/C29H35N3O5S/c1-6-29(3,4)31-28(35)26(20-10-8-11-23(18-20)36-5)32(21-13-15-22(16-14-21)37-7-2)25(33)19-30-27(34)24-12-9-17-38-24/h8-18,26H,6-7,19H2,1-5H3,(H,30,34)(H,31,35)/t26-/m0/s1. The van der Waals surface area contributed by atoms with E-state index in [9.17, 15) is 14.4 Å². The molecule has 0 aliphatic rings. The summed E-state index contributed by atoms with van der Waals surface area (Å²) in [6, 6.07) is 16.5. The molecule has 0 aliphatic heterocycles. The highest BCUT2D eigenvalue weighted by molar-refractivity contribution is 7.12. The smallest absolute Gasteiger partial charge is 0.261 e. The number of nitrogens with one attached hydrogen (secondary N) is 2. The number of carbonyl (C=O) groups excluding carboxylic acids is 3. The molecule has 3 amide bonds. The third kappa shape index (κ3) is 7.35. The average Bonchev–Trinajstić information content (AvgIpc) is 3.46. The second-order valence-corrected chi connectivity index (χ2v) is 10.2. The van der Waals surface area contributed by atoms with Gasteiger partial charge in [0.05, 0.1) is 25.1 Å². The monoisotopic (exact) mass is 537 g/mol. The first-order valence-electron chi connectivity index (χ1n) is 12.5. The van der Waals surface area contributed by atoms with Crippen LogP contribution in [0.25, 0.3) is 0 Å². The van der Waals surface area contributed by atoms with Crippen LogP contribution in [0.4, 0.5) is 5.69 Å². The molecule has 3 aromatic rings. The number of ether oxygens (including phenoxy) is 2. The Labute approximate surface area is 228 Å². The van der Waals surface area contributed by atoms with E-state index in [0.29, 0.717) is 40.7 Å². The van der Waals surface area contributed by atoms with Crippen LogP contribution in [-0.2, 0) is 9.59 Å². The fourth-order valence-electron chi connectivity index (χ4n) is 3.76. The first-order chi connectivity index (χ1) is 18.2. The SMILES string of the molecule is CCOc1ccc(N(C(=O)CNC(=O)c2cccs2)[C@H](C(=O)NC(C)(C)CC)c2cccc(OC)c2)cc1. The molecule has 0 spiro atoms. The lowest BCUT2D eigenvalue weighted by molar-refractivity contribution is -0.127. The zero-order valence-electron chi connectivity index (χ0n) is 22.4. The van der Waals surface area contributed by atoms with Gasteiger partial charge in [-0.25, -0.2) is 0 Å². The molecule has 0 radical (unpaired) electrons. The number of hydrogen-bond donors (Lipinski definition) is 2. The van der Waals surface area contributed by atoms with Crippen LogP contribution in [0, 0.1) is 0 Å². The molecule has 1 atom stereocenters. The summed E-state index contributed by atoms with van der Waals surface area (Å²) in [5.74, 6) is 0.0482. The number of thiophene rings is 1. The summed E-state index contributed by atoms with van der Waals surface area (Å²) in [6.45, 7) is 7.93. The first kappa shape index (κ1) is 28.7. The van der Waals surface area contributed by atoms with Crippen molar-refractivity contribution in [2.45, 2.75) is 45.7 Å². The number of anilines is 1. The lowest BCUT2D eigenvalue weighted by Crippen LogP contribution is -2.52. The predicted molar refractivity (Wildman–Crippen MR) is 150 cm³/mol. The number of rotatable bonds is 12. The van der Waals surface area contributed by atoms with Crippen LogP contribution in [-0.4, -0.2) is 43.5 Å². The summed E-state index contributed by atoms with van der Waals surface area (Å²) in [5.41, 5.74) is 0.552. The van der Waals surface area contributed by atoms with Gasteiger partial charge in [-0.2, -0.15) is 0 Å². The highest BCUT2D eigenvalue weighted by atomic mass is 32.1. The number of hydrogen-bond acceptors (Lipinski definition) is 6. The van der Waals surface area contributed by atoms with Crippen LogP contribution in [0.15, 0.2) is 66.0 Å². The van der Waals surface area contributed by atoms with Crippen LogP contribution in [0.3, 0.4) is 0 Å². The van der Waals surface area contributed by atoms with Crippen LogP contribution in [0.2, 0.25) is 0 Å². The maximum Gasteiger partial charge on any atom is 0.261 e. The molecule has 202 valence electrons. The Balaban J connectivity index is 2.06. The number of nitrogens with zero attached hydrogens (tertiary/aromatic N) is 1. The third-order valence-corrected chi connectivity index (χ3v) is 6.97. The molecule has 8 nitrogen and oxygen atoms in total. The fourth-order valence-corrected chi connectivity index (χ4v) is 4.40. The molecule has 9 heteroatoms. The predicted octanol–water partition coefficient (Wildman–Crippen LogP) is 4.96. The van der Waals surface area contributed by atoms with Crippen molar-refractivity contribution in [2.75, 3.05) is 25.2 Å². The van der Waals surface area contributed by atoms with Gasteiger partial charge in [-0.15, -0.1) is 11.3 Å². The molecule has 0 fully saturated rings. The molecule has 1 heterocycles.